The van der Waals surface area contributed by atoms with E-state index in [1.54, 1.807) is 7.11 Å². The van der Waals surface area contributed by atoms with Crippen LogP contribution in [0.4, 0.5) is 5.69 Å². The quantitative estimate of drug-likeness (QED) is 0.401. The Bertz CT molecular complexity index is 561. The Morgan fingerprint density at radius 1 is 1.41 bits per heavy atom. The number of aryl methyl sites for hydroxylation is 1. The van der Waals surface area contributed by atoms with E-state index in [4.69, 9.17) is 9.47 Å². The van der Waals surface area contributed by atoms with Crippen molar-refractivity contribution in [2.45, 2.75) is 43.6 Å². The molecule has 0 bridgehead atoms. The van der Waals surface area contributed by atoms with Gasteiger partial charge in [-0.1, -0.05) is 29.5 Å². The molecule has 1 heterocycles. The van der Waals surface area contributed by atoms with Crippen molar-refractivity contribution in [2.24, 2.45) is 0 Å². The number of methoxy groups -OCH3 is 1. The Morgan fingerprint density at radius 2 is 2.14 bits per heavy atom. The maximum absolute atomic E-state index is 12.9. The second-order valence-corrected chi connectivity index (χ2v) is 6.63. The van der Waals surface area contributed by atoms with Crippen LogP contribution < -0.4 is 9.64 Å². The topological polar surface area (TPSA) is 38.8 Å². The summed E-state index contributed by atoms with van der Waals surface area (Å²) >= 11 is 2.36. The van der Waals surface area contributed by atoms with Crippen molar-refractivity contribution in [1.82, 2.24) is 0 Å². The summed E-state index contributed by atoms with van der Waals surface area (Å²) in [7, 11) is 1.68. The third kappa shape index (κ3) is 3.25. The van der Waals surface area contributed by atoms with Gasteiger partial charge in [-0.25, -0.2) is 0 Å². The molecule has 0 saturated carbocycles. The molecule has 1 aromatic carbocycles. The lowest BCUT2D eigenvalue weighted by Crippen LogP contribution is -2.54. The van der Waals surface area contributed by atoms with E-state index in [2.05, 4.69) is 41.6 Å². The van der Waals surface area contributed by atoms with E-state index in [1.807, 2.05) is 18.7 Å². The summed E-state index contributed by atoms with van der Waals surface area (Å²) < 4.78 is 12.1. The van der Waals surface area contributed by atoms with Crippen molar-refractivity contribution >= 4 is 34.2 Å². The van der Waals surface area contributed by atoms with E-state index in [-0.39, 0.29) is 5.91 Å². The summed E-state index contributed by atoms with van der Waals surface area (Å²) in [6, 6.07) is 4.16. The molecule has 1 aromatic rings. The van der Waals surface area contributed by atoms with Crippen molar-refractivity contribution in [2.75, 3.05) is 25.2 Å². The summed E-state index contributed by atoms with van der Waals surface area (Å²) in [4.78, 5) is 14.7. The van der Waals surface area contributed by atoms with Gasteiger partial charge in [0.25, 0.3) is 5.91 Å². The lowest BCUT2D eigenvalue weighted by Gasteiger charge is -2.40. The van der Waals surface area contributed by atoms with Gasteiger partial charge in [-0.3, -0.25) is 4.79 Å². The Labute approximate surface area is 146 Å². The number of ether oxygens (including phenoxy) is 2. The summed E-state index contributed by atoms with van der Waals surface area (Å²) in [6.07, 6.45) is 1.47. The molecule has 0 aliphatic carbocycles. The average Bonchev–Trinajstić information content (AvgIpc) is 2.51. The number of hydrogen-bond acceptors (Lipinski definition) is 3. The first-order valence-corrected chi connectivity index (χ1v) is 9.18. The Hall–Kier alpha value is -0.820. The van der Waals surface area contributed by atoms with Gasteiger partial charge in [-0.15, -0.1) is 0 Å². The molecule has 0 aromatic heterocycles. The molecule has 0 spiro atoms. The summed E-state index contributed by atoms with van der Waals surface area (Å²) in [5.74, 6) is 0.860. The molecule has 1 atom stereocenters. The highest BCUT2D eigenvalue weighted by Gasteiger charge is 2.43. The van der Waals surface area contributed by atoms with Crippen LogP contribution >= 0.6 is 22.6 Å². The van der Waals surface area contributed by atoms with Crippen molar-refractivity contribution < 1.29 is 14.3 Å². The second kappa shape index (κ2) is 7.17. The van der Waals surface area contributed by atoms with E-state index < -0.39 is 5.60 Å². The number of anilines is 1. The average molecular weight is 417 g/mol. The zero-order valence-corrected chi connectivity index (χ0v) is 15.9. The normalized spacial score (nSPS) is 20.8. The van der Waals surface area contributed by atoms with Gasteiger partial charge >= 0.3 is 0 Å². The van der Waals surface area contributed by atoms with Crippen LogP contribution in [0.3, 0.4) is 0 Å². The van der Waals surface area contributed by atoms with Crippen LogP contribution in [-0.4, -0.2) is 31.8 Å². The Morgan fingerprint density at radius 3 is 2.73 bits per heavy atom. The molecule has 0 radical (unpaired) electrons. The molecule has 122 valence electrons. The van der Waals surface area contributed by atoms with Gasteiger partial charge in [0, 0.05) is 24.7 Å². The van der Waals surface area contributed by atoms with Crippen LogP contribution in [0.1, 0.15) is 37.8 Å². The minimum Gasteiger partial charge on any atom is -0.476 e. The van der Waals surface area contributed by atoms with Crippen LogP contribution in [0.25, 0.3) is 0 Å². The molecular formula is C17H24INO3. The van der Waals surface area contributed by atoms with E-state index in [0.29, 0.717) is 19.6 Å². The summed E-state index contributed by atoms with van der Waals surface area (Å²) in [6.45, 7) is 7.25. The smallest absolute Gasteiger partial charge is 0.270 e. The Kier molecular flexibility index (Phi) is 5.71. The number of fused-ring (bicyclic) bond motifs is 1. The molecule has 22 heavy (non-hydrogen) atoms. The van der Waals surface area contributed by atoms with E-state index in [9.17, 15) is 4.79 Å². The number of halogens is 1. The highest BCUT2D eigenvalue weighted by atomic mass is 127. The SMILES string of the molecule is CCC1(C)Oc2cc(CI)c(C)cc2N(CCCOC)C1=O. The minimum atomic E-state index is -0.780. The molecule has 0 N–H and O–H groups in total. The first-order valence-electron chi connectivity index (χ1n) is 7.66. The van der Waals surface area contributed by atoms with Gasteiger partial charge in [0.05, 0.1) is 5.69 Å². The van der Waals surface area contributed by atoms with Gasteiger partial charge in [0.15, 0.2) is 5.60 Å². The standard InChI is InChI=1S/C17H24INO3/c1-5-17(3)16(20)19(7-6-8-21-4)14-9-12(2)13(11-18)10-15(14)22-17/h9-10H,5-8,11H2,1-4H3. The minimum absolute atomic E-state index is 0.0419. The van der Waals surface area contributed by atoms with Crippen molar-refractivity contribution in [3.05, 3.63) is 23.3 Å². The molecule has 1 aliphatic rings. The number of carbonyl (C=O) groups excluding carboxylic acids is 1. The van der Waals surface area contributed by atoms with Crippen LogP contribution in [0, 0.1) is 6.92 Å². The van der Waals surface area contributed by atoms with Crippen LogP contribution in [0.5, 0.6) is 5.75 Å². The molecular weight excluding hydrogens is 393 g/mol. The monoisotopic (exact) mass is 417 g/mol. The number of benzene rings is 1. The molecule has 4 nitrogen and oxygen atoms in total. The van der Waals surface area contributed by atoms with Gasteiger partial charge in [-0.2, -0.15) is 0 Å². The van der Waals surface area contributed by atoms with E-state index >= 15 is 0 Å². The first kappa shape index (κ1) is 17.5. The number of amides is 1. The molecule has 2 rings (SSSR count). The predicted molar refractivity (Wildman–Crippen MR) is 97.1 cm³/mol. The van der Waals surface area contributed by atoms with Crippen LogP contribution in [0.2, 0.25) is 0 Å². The number of alkyl halides is 1. The number of rotatable bonds is 6. The second-order valence-electron chi connectivity index (χ2n) is 5.87. The molecule has 0 fully saturated rings. The van der Waals surface area contributed by atoms with Crippen molar-refractivity contribution in [3.8, 4) is 5.75 Å². The lowest BCUT2D eigenvalue weighted by molar-refractivity contribution is -0.134. The lowest BCUT2D eigenvalue weighted by atomic mass is 9.96. The fourth-order valence-electron chi connectivity index (χ4n) is 2.65. The summed E-state index contributed by atoms with van der Waals surface area (Å²) in [5, 5.41) is 0. The highest BCUT2D eigenvalue weighted by Crippen LogP contribution is 2.41. The van der Waals surface area contributed by atoms with Crippen LogP contribution in [-0.2, 0) is 14.0 Å². The third-order valence-electron chi connectivity index (χ3n) is 4.29. The predicted octanol–water partition coefficient (Wildman–Crippen LogP) is 3.86. The number of hydrogen-bond donors (Lipinski definition) is 0. The highest BCUT2D eigenvalue weighted by molar-refractivity contribution is 14.1. The van der Waals surface area contributed by atoms with Gasteiger partial charge in [0.2, 0.25) is 0 Å². The summed E-state index contributed by atoms with van der Waals surface area (Å²) in [5.41, 5.74) is 2.56. The van der Waals surface area contributed by atoms with Gasteiger partial charge in [0.1, 0.15) is 5.75 Å². The molecule has 0 saturated heterocycles. The largest absolute Gasteiger partial charge is 0.476 e. The van der Waals surface area contributed by atoms with Crippen LogP contribution in [0.15, 0.2) is 12.1 Å². The van der Waals surface area contributed by atoms with Gasteiger partial charge in [-0.05, 0) is 49.9 Å². The molecule has 1 unspecified atom stereocenters. The Balaban J connectivity index is 2.44. The van der Waals surface area contributed by atoms with Gasteiger partial charge < -0.3 is 14.4 Å². The fourth-order valence-corrected chi connectivity index (χ4v) is 3.47. The first-order chi connectivity index (χ1) is 10.5. The van der Waals surface area contributed by atoms with E-state index in [1.165, 1.54) is 11.1 Å². The number of nitrogens with zero attached hydrogens (tertiary/aromatic N) is 1. The zero-order chi connectivity index (χ0) is 16.3. The molecule has 1 aliphatic heterocycles. The fraction of sp³-hybridized carbons (Fsp3) is 0.588. The van der Waals surface area contributed by atoms with Crippen molar-refractivity contribution in [3.63, 3.8) is 0 Å². The maximum Gasteiger partial charge on any atom is 0.270 e. The number of carbonyl (C=O) groups is 1. The zero-order valence-electron chi connectivity index (χ0n) is 13.7. The molecule has 1 amide bonds. The molecule has 5 heteroatoms. The third-order valence-corrected chi connectivity index (χ3v) is 5.11. The maximum atomic E-state index is 12.9. The van der Waals surface area contributed by atoms with Crippen molar-refractivity contribution in [1.29, 1.82) is 0 Å². The van der Waals surface area contributed by atoms with E-state index in [0.717, 1.165) is 22.3 Å².